The number of thiophene rings is 1. The van der Waals surface area contributed by atoms with Crippen LogP contribution in [0.1, 0.15) is 26.5 Å². The maximum Gasteiger partial charge on any atom is 0.252 e. The lowest BCUT2D eigenvalue weighted by Gasteiger charge is -2.06. The van der Waals surface area contributed by atoms with Crippen LogP contribution in [-0.2, 0) is 4.79 Å². The number of anilines is 1. The first-order valence-corrected chi connectivity index (χ1v) is 7.43. The molecule has 0 aliphatic carbocycles. The summed E-state index contributed by atoms with van der Waals surface area (Å²) in [6.45, 7) is 4.19. The zero-order valence-corrected chi connectivity index (χ0v) is 12.8. The maximum absolute atomic E-state index is 12.0. The number of aromatic nitrogens is 1. The van der Waals surface area contributed by atoms with Crippen LogP contribution >= 0.6 is 11.3 Å². The summed E-state index contributed by atoms with van der Waals surface area (Å²) in [5.74, 6) is -0.285. The van der Waals surface area contributed by atoms with Crippen LogP contribution < -0.4 is 10.6 Å². The second kappa shape index (κ2) is 6.99. The molecule has 5 nitrogen and oxygen atoms in total. The van der Waals surface area contributed by atoms with E-state index < -0.39 is 0 Å². The molecule has 2 amide bonds. The summed E-state index contributed by atoms with van der Waals surface area (Å²) in [5.41, 5.74) is 1.34. The number of nitrogens with zero attached hydrogens (tertiary/aromatic N) is 1. The Balaban J connectivity index is 1.78. The molecule has 0 aromatic carbocycles. The number of rotatable bonds is 5. The molecule has 2 rings (SSSR count). The van der Waals surface area contributed by atoms with E-state index in [1.54, 1.807) is 35.9 Å². The summed E-state index contributed by atoms with van der Waals surface area (Å²) >= 11 is 1.59. The minimum Gasteiger partial charge on any atom is -0.351 e. The zero-order valence-electron chi connectivity index (χ0n) is 12.0. The molecule has 110 valence electrons. The summed E-state index contributed by atoms with van der Waals surface area (Å²) in [5, 5.41) is 5.48. The molecule has 0 aliphatic heterocycles. The van der Waals surface area contributed by atoms with Crippen molar-refractivity contribution in [3.8, 4) is 0 Å². The molecule has 2 N–H and O–H groups in total. The van der Waals surface area contributed by atoms with Crippen molar-refractivity contribution < 1.29 is 9.59 Å². The number of nitrogens with one attached hydrogen (secondary N) is 2. The van der Waals surface area contributed by atoms with E-state index in [9.17, 15) is 9.59 Å². The largest absolute Gasteiger partial charge is 0.351 e. The molecular formula is C15H17N3O2S. The van der Waals surface area contributed by atoms with Crippen molar-refractivity contribution in [2.45, 2.75) is 20.3 Å². The second-order valence-corrected chi connectivity index (χ2v) is 6.08. The molecule has 0 spiro atoms. The van der Waals surface area contributed by atoms with E-state index in [1.165, 1.54) is 0 Å². The van der Waals surface area contributed by atoms with Gasteiger partial charge in [0.25, 0.3) is 5.91 Å². The first-order valence-electron chi connectivity index (χ1n) is 6.61. The predicted molar refractivity (Wildman–Crippen MR) is 83.6 cm³/mol. The second-order valence-electron chi connectivity index (χ2n) is 4.62. The molecule has 0 saturated carbocycles. The average Bonchev–Trinajstić information content (AvgIpc) is 2.79. The van der Waals surface area contributed by atoms with Gasteiger partial charge in [0.15, 0.2) is 0 Å². The topological polar surface area (TPSA) is 71.1 Å². The van der Waals surface area contributed by atoms with Crippen molar-refractivity contribution in [1.29, 1.82) is 0 Å². The molecule has 0 aliphatic rings. The standard InChI is InChI=1S/C15H17N3O2S/c1-10-8-13(11(2)21-10)15(20)17-7-5-14(19)18-12-4-3-6-16-9-12/h3-4,6,8-9H,5,7H2,1-2H3,(H,17,20)(H,18,19). The highest BCUT2D eigenvalue weighted by molar-refractivity contribution is 7.12. The van der Waals surface area contributed by atoms with E-state index in [0.29, 0.717) is 17.8 Å². The van der Waals surface area contributed by atoms with Gasteiger partial charge in [-0.25, -0.2) is 0 Å². The van der Waals surface area contributed by atoms with Crippen molar-refractivity contribution in [2.75, 3.05) is 11.9 Å². The molecule has 6 heteroatoms. The SMILES string of the molecule is Cc1cc(C(=O)NCCC(=O)Nc2cccnc2)c(C)s1. The highest BCUT2D eigenvalue weighted by Gasteiger charge is 2.12. The van der Waals surface area contributed by atoms with E-state index >= 15 is 0 Å². The van der Waals surface area contributed by atoms with E-state index in [-0.39, 0.29) is 18.2 Å². The van der Waals surface area contributed by atoms with E-state index in [0.717, 1.165) is 9.75 Å². The van der Waals surface area contributed by atoms with Gasteiger partial charge in [0, 0.05) is 28.9 Å². The predicted octanol–water partition coefficient (Wildman–Crippen LogP) is 2.52. The van der Waals surface area contributed by atoms with Gasteiger partial charge in [0.1, 0.15) is 0 Å². The number of carbonyl (C=O) groups is 2. The third-order valence-corrected chi connectivity index (χ3v) is 3.83. The van der Waals surface area contributed by atoms with Gasteiger partial charge in [-0.3, -0.25) is 14.6 Å². The summed E-state index contributed by atoms with van der Waals surface area (Å²) in [6.07, 6.45) is 3.44. The minimum atomic E-state index is -0.151. The molecule has 0 saturated heterocycles. The Morgan fingerprint density at radius 1 is 1.33 bits per heavy atom. The fraction of sp³-hybridized carbons (Fsp3) is 0.267. The lowest BCUT2D eigenvalue weighted by atomic mass is 10.2. The fourth-order valence-corrected chi connectivity index (χ4v) is 2.82. The minimum absolute atomic E-state index is 0.133. The Morgan fingerprint density at radius 3 is 2.76 bits per heavy atom. The van der Waals surface area contributed by atoms with Crippen LogP contribution in [0.4, 0.5) is 5.69 Å². The molecule has 2 aromatic heterocycles. The summed E-state index contributed by atoms with van der Waals surface area (Å²) in [4.78, 5) is 29.7. The average molecular weight is 303 g/mol. The van der Waals surface area contributed by atoms with Crippen LogP contribution in [0, 0.1) is 13.8 Å². The monoisotopic (exact) mass is 303 g/mol. The normalized spacial score (nSPS) is 10.2. The van der Waals surface area contributed by atoms with E-state index in [4.69, 9.17) is 0 Å². The molecule has 2 aromatic rings. The Kier molecular flexibility index (Phi) is 5.05. The van der Waals surface area contributed by atoms with Crippen molar-refractivity contribution in [3.05, 3.63) is 45.9 Å². The lowest BCUT2D eigenvalue weighted by Crippen LogP contribution is -2.27. The van der Waals surface area contributed by atoms with Crippen LogP contribution in [0.25, 0.3) is 0 Å². The fourth-order valence-electron chi connectivity index (χ4n) is 1.90. The van der Waals surface area contributed by atoms with Crippen LogP contribution in [0.2, 0.25) is 0 Å². The number of amides is 2. The van der Waals surface area contributed by atoms with Gasteiger partial charge in [-0.15, -0.1) is 11.3 Å². The van der Waals surface area contributed by atoms with Gasteiger partial charge in [-0.05, 0) is 32.0 Å². The number of pyridine rings is 1. The smallest absolute Gasteiger partial charge is 0.252 e. The summed E-state index contributed by atoms with van der Waals surface area (Å²) in [6, 6.07) is 5.38. The molecule has 21 heavy (non-hydrogen) atoms. The molecule has 0 fully saturated rings. The molecule has 0 atom stereocenters. The first kappa shape index (κ1) is 15.2. The third-order valence-electron chi connectivity index (χ3n) is 2.87. The third kappa shape index (κ3) is 4.39. The van der Waals surface area contributed by atoms with E-state index in [1.807, 2.05) is 19.9 Å². The van der Waals surface area contributed by atoms with Crippen molar-refractivity contribution >= 4 is 28.8 Å². The molecule has 0 radical (unpaired) electrons. The van der Waals surface area contributed by atoms with Gasteiger partial charge in [-0.1, -0.05) is 0 Å². The number of aryl methyl sites for hydroxylation is 2. The highest BCUT2D eigenvalue weighted by Crippen LogP contribution is 2.20. The maximum atomic E-state index is 12.0. The van der Waals surface area contributed by atoms with Gasteiger partial charge in [-0.2, -0.15) is 0 Å². The van der Waals surface area contributed by atoms with Crippen molar-refractivity contribution in [2.24, 2.45) is 0 Å². The Hall–Kier alpha value is -2.21. The quantitative estimate of drug-likeness (QED) is 0.891. The number of hydrogen-bond donors (Lipinski definition) is 2. The molecular weight excluding hydrogens is 286 g/mol. The van der Waals surface area contributed by atoms with Crippen LogP contribution in [-0.4, -0.2) is 23.3 Å². The van der Waals surface area contributed by atoms with Crippen molar-refractivity contribution in [3.63, 3.8) is 0 Å². The Morgan fingerprint density at radius 2 is 2.14 bits per heavy atom. The van der Waals surface area contributed by atoms with Crippen LogP contribution in [0.15, 0.2) is 30.6 Å². The number of carbonyl (C=O) groups excluding carboxylic acids is 2. The lowest BCUT2D eigenvalue weighted by molar-refractivity contribution is -0.116. The van der Waals surface area contributed by atoms with Gasteiger partial charge >= 0.3 is 0 Å². The van der Waals surface area contributed by atoms with Crippen LogP contribution in [0.5, 0.6) is 0 Å². The molecule has 0 unspecified atom stereocenters. The molecule has 2 heterocycles. The first-order chi connectivity index (χ1) is 10.1. The summed E-state index contributed by atoms with van der Waals surface area (Å²) in [7, 11) is 0. The van der Waals surface area contributed by atoms with Gasteiger partial charge in [0.05, 0.1) is 17.4 Å². The van der Waals surface area contributed by atoms with Crippen molar-refractivity contribution in [1.82, 2.24) is 10.3 Å². The number of hydrogen-bond acceptors (Lipinski definition) is 4. The highest BCUT2D eigenvalue weighted by atomic mass is 32.1. The van der Waals surface area contributed by atoms with Gasteiger partial charge < -0.3 is 10.6 Å². The summed E-state index contributed by atoms with van der Waals surface area (Å²) < 4.78 is 0. The Bertz CT molecular complexity index is 638. The zero-order chi connectivity index (χ0) is 15.2. The molecule has 0 bridgehead atoms. The van der Waals surface area contributed by atoms with E-state index in [2.05, 4.69) is 15.6 Å². The van der Waals surface area contributed by atoms with Gasteiger partial charge in [0.2, 0.25) is 5.91 Å². The Labute approximate surface area is 127 Å². The van der Waals surface area contributed by atoms with Crippen LogP contribution in [0.3, 0.4) is 0 Å².